The molecule has 0 saturated carbocycles. The van der Waals surface area contributed by atoms with Crippen molar-refractivity contribution in [2.45, 2.75) is 68.3 Å². The molecule has 2 saturated heterocycles. The van der Waals surface area contributed by atoms with E-state index >= 15 is 0 Å². The van der Waals surface area contributed by atoms with Gasteiger partial charge in [-0.05, 0) is 31.2 Å². The third-order valence-corrected chi connectivity index (χ3v) is 7.18. The van der Waals surface area contributed by atoms with Crippen molar-refractivity contribution in [1.29, 1.82) is 0 Å². The Bertz CT molecular complexity index is 1470. The number of aliphatic hydroxyl groups excluding tert-OH is 6. The van der Waals surface area contributed by atoms with E-state index in [2.05, 4.69) is 0 Å². The topological polar surface area (TPSA) is 249 Å². The lowest BCUT2D eigenvalue weighted by atomic mass is 9.98. The van der Waals surface area contributed by atoms with Crippen LogP contribution in [-0.2, 0) is 14.2 Å². The van der Waals surface area contributed by atoms with Crippen LogP contribution < -0.4 is 10.2 Å². The fourth-order valence-electron chi connectivity index (χ4n) is 4.79. The number of phenols is 3. The molecule has 15 heteroatoms. The Morgan fingerprint density at radius 2 is 1.40 bits per heavy atom. The lowest BCUT2D eigenvalue weighted by Gasteiger charge is -2.42. The molecule has 9 N–H and O–H groups in total. The Kier molecular flexibility index (Phi) is 8.30. The lowest BCUT2D eigenvalue weighted by molar-refractivity contribution is -0.318. The molecule has 1 aromatic heterocycles. The number of phenolic OH excluding ortho intramolecular Hbond substituents is 3. The van der Waals surface area contributed by atoms with Crippen molar-refractivity contribution in [3.05, 3.63) is 46.6 Å². The van der Waals surface area contributed by atoms with E-state index in [0.717, 1.165) is 12.1 Å². The molecular formula is C27H30O15. The molecule has 2 aliphatic rings. The van der Waals surface area contributed by atoms with Crippen molar-refractivity contribution < 1.29 is 69.3 Å². The molecule has 2 fully saturated rings. The Morgan fingerprint density at radius 1 is 0.762 bits per heavy atom. The van der Waals surface area contributed by atoms with Gasteiger partial charge in [-0.15, -0.1) is 0 Å². The zero-order valence-electron chi connectivity index (χ0n) is 21.9. The van der Waals surface area contributed by atoms with Crippen LogP contribution in [0.5, 0.6) is 23.0 Å². The van der Waals surface area contributed by atoms with Crippen LogP contribution >= 0.6 is 0 Å². The summed E-state index contributed by atoms with van der Waals surface area (Å²) in [6.45, 7) is 0.866. The molecule has 3 aromatic rings. The summed E-state index contributed by atoms with van der Waals surface area (Å²) in [6.07, 6.45) is -15.8. The van der Waals surface area contributed by atoms with Crippen molar-refractivity contribution in [3.8, 4) is 34.3 Å². The van der Waals surface area contributed by atoms with E-state index < -0.39 is 90.7 Å². The summed E-state index contributed by atoms with van der Waals surface area (Å²) in [5, 5.41) is 91.4. The molecule has 2 aliphatic heterocycles. The molecule has 15 nitrogen and oxygen atoms in total. The minimum atomic E-state index is -1.92. The largest absolute Gasteiger partial charge is 0.508 e. The molecule has 0 unspecified atom stereocenters. The molecule has 0 radical (unpaired) electrons. The lowest BCUT2D eigenvalue weighted by Crippen LogP contribution is -2.61. The third kappa shape index (κ3) is 5.49. The highest BCUT2D eigenvalue weighted by atomic mass is 16.7. The van der Waals surface area contributed by atoms with Crippen molar-refractivity contribution in [3.63, 3.8) is 0 Å². The highest BCUT2D eigenvalue weighted by Gasteiger charge is 2.47. The van der Waals surface area contributed by atoms with Crippen LogP contribution in [0, 0.1) is 0 Å². The highest BCUT2D eigenvalue weighted by Crippen LogP contribution is 2.37. The van der Waals surface area contributed by atoms with Crippen LogP contribution in [0.1, 0.15) is 6.92 Å². The van der Waals surface area contributed by atoms with E-state index in [0.29, 0.717) is 0 Å². The molecule has 228 valence electrons. The fraction of sp³-hybridized carbons (Fsp3) is 0.444. The van der Waals surface area contributed by atoms with E-state index in [4.69, 9.17) is 23.4 Å². The first-order valence-electron chi connectivity index (χ1n) is 12.9. The van der Waals surface area contributed by atoms with Gasteiger partial charge in [-0.25, -0.2) is 0 Å². The molecule has 3 heterocycles. The molecular weight excluding hydrogens is 564 g/mol. The van der Waals surface area contributed by atoms with Crippen LogP contribution in [0.15, 0.2) is 45.6 Å². The molecule has 0 amide bonds. The molecule has 0 aliphatic carbocycles. The van der Waals surface area contributed by atoms with Crippen LogP contribution in [0.25, 0.3) is 22.3 Å². The summed E-state index contributed by atoms with van der Waals surface area (Å²) in [5.41, 5.74) is -0.956. The van der Waals surface area contributed by atoms with Gasteiger partial charge in [0.1, 0.15) is 70.9 Å². The summed E-state index contributed by atoms with van der Waals surface area (Å²) in [5.74, 6) is -1.97. The van der Waals surface area contributed by atoms with Crippen LogP contribution in [-0.4, -0.2) is 114 Å². The van der Waals surface area contributed by atoms with Crippen molar-refractivity contribution in [2.75, 3.05) is 6.61 Å². The van der Waals surface area contributed by atoms with Gasteiger partial charge in [-0.1, -0.05) is 0 Å². The summed E-state index contributed by atoms with van der Waals surface area (Å²) < 4.78 is 28.0. The Labute approximate surface area is 236 Å². The number of hydrogen-bond acceptors (Lipinski definition) is 15. The number of aliphatic hydroxyl groups is 6. The summed E-state index contributed by atoms with van der Waals surface area (Å²) in [6, 6.07) is 7.33. The average Bonchev–Trinajstić information content (AvgIpc) is 2.95. The average molecular weight is 595 g/mol. The number of rotatable bonds is 6. The first kappa shape index (κ1) is 30.0. The zero-order valence-corrected chi connectivity index (χ0v) is 21.9. The monoisotopic (exact) mass is 594 g/mol. The van der Waals surface area contributed by atoms with E-state index in [1.165, 1.54) is 31.2 Å². The number of ether oxygens (including phenoxy) is 4. The number of benzene rings is 2. The molecule has 5 rings (SSSR count). The second-order valence-electron chi connectivity index (χ2n) is 10.1. The third-order valence-electron chi connectivity index (χ3n) is 7.18. The van der Waals surface area contributed by atoms with Gasteiger partial charge in [0, 0.05) is 17.7 Å². The Balaban J connectivity index is 1.46. The molecule has 0 spiro atoms. The van der Waals surface area contributed by atoms with Gasteiger partial charge in [0.05, 0.1) is 12.7 Å². The summed E-state index contributed by atoms with van der Waals surface area (Å²) in [4.78, 5) is 13.5. The second-order valence-corrected chi connectivity index (χ2v) is 10.1. The molecule has 0 bridgehead atoms. The standard InChI is InChI=1S/C27H30O15/c1-9-17(31)20(34)22(36)26(39-9)38-8-15-18(32)21(35)23(37)27(41-15)42-25-19(33)16-13(30)6-12(29)7-14(16)40-24(25)10-2-4-11(28)5-3-10/h2-7,9,15,17-18,20-23,26-32,34-37H,8H2,1H3/t9-,15+,17+,18-,20-,21-,22-,23-,26+,27-/m0/s1. The molecule has 10 atom stereocenters. The SMILES string of the molecule is C[C@@H]1O[C@@H](OC[C@H]2O[C@@H](Oc3c(-c4ccc(O)cc4)oc4cc(O)cc(O)c4c3=O)[C@@H](O)[C@@H](O)[C@H]2O)[C@@H](O)[C@@H](O)[C@@H]1O. The summed E-state index contributed by atoms with van der Waals surface area (Å²) >= 11 is 0. The van der Waals surface area contributed by atoms with Crippen molar-refractivity contribution >= 4 is 11.0 Å². The smallest absolute Gasteiger partial charge is 0.239 e. The first-order chi connectivity index (χ1) is 19.9. The van der Waals surface area contributed by atoms with Gasteiger partial charge in [-0.2, -0.15) is 0 Å². The maximum atomic E-state index is 13.5. The fourth-order valence-corrected chi connectivity index (χ4v) is 4.79. The van der Waals surface area contributed by atoms with E-state index in [1.54, 1.807) is 0 Å². The molecule has 42 heavy (non-hydrogen) atoms. The predicted octanol–water partition coefficient (Wildman–Crippen LogP) is -1.39. The van der Waals surface area contributed by atoms with E-state index in [1.807, 2.05) is 0 Å². The molecule has 2 aromatic carbocycles. The van der Waals surface area contributed by atoms with E-state index in [9.17, 15) is 50.8 Å². The van der Waals surface area contributed by atoms with Gasteiger partial charge >= 0.3 is 0 Å². The predicted molar refractivity (Wildman–Crippen MR) is 139 cm³/mol. The minimum absolute atomic E-state index is 0.103. The minimum Gasteiger partial charge on any atom is -0.508 e. The number of aromatic hydroxyl groups is 3. The first-order valence-corrected chi connectivity index (χ1v) is 12.9. The number of fused-ring (bicyclic) bond motifs is 1. The van der Waals surface area contributed by atoms with Gasteiger partial charge in [0.15, 0.2) is 12.1 Å². The normalized spacial score (nSPS) is 33.5. The van der Waals surface area contributed by atoms with Crippen molar-refractivity contribution in [2.24, 2.45) is 0 Å². The van der Waals surface area contributed by atoms with Crippen molar-refractivity contribution in [1.82, 2.24) is 0 Å². The van der Waals surface area contributed by atoms with Crippen LogP contribution in [0.4, 0.5) is 0 Å². The second kappa shape index (κ2) is 11.6. The van der Waals surface area contributed by atoms with Gasteiger partial charge in [0.25, 0.3) is 0 Å². The maximum Gasteiger partial charge on any atom is 0.239 e. The van der Waals surface area contributed by atoms with E-state index in [-0.39, 0.29) is 28.0 Å². The Hall–Kier alpha value is -3.51. The van der Waals surface area contributed by atoms with Crippen LogP contribution in [0.2, 0.25) is 0 Å². The number of hydrogen-bond donors (Lipinski definition) is 9. The Morgan fingerprint density at radius 3 is 2.10 bits per heavy atom. The quantitative estimate of drug-likeness (QED) is 0.159. The highest BCUT2D eigenvalue weighted by molar-refractivity contribution is 5.88. The summed E-state index contributed by atoms with van der Waals surface area (Å²) in [7, 11) is 0. The van der Waals surface area contributed by atoms with Crippen LogP contribution in [0.3, 0.4) is 0 Å². The zero-order chi connectivity index (χ0) is 30.5. The van der Waals surface area contributed by atoms with Gasteiger partial charge in [0.2, 0.25) is 17.5 Å². The van der Waals surface area contributed by atoms with Gasteiger partial charge in [-0.3, -0.25) is 4.79 Å². The van der Waals surface area contributed by atoms with Gasteiger partial charge < -0.3 is 69.3 Å². The maximum absolute atomic E-state index is 13.5.